The largest absolute Gasteiger partial charge is 0.492 e. The van der Waals surface area contributed by atoms with Crippen LogP contribution in [0.25, 0.3) is 11.1 Å². The van der Waals surface area contributed by atoms with Crippen molar-refractivity contribution in [2.24, 2.45) is 0 Å². The lowest BCUT2D eigenvalue weighted by molar-refractivity contribution is -0.141. The summed E-state index contributed by atoms with van der Waals surface area (Å²) in [5.41, 5.74) is 4.65. The molecular weight excluding hydrogens is 430 g/mol. The van der Waals surface area contributed by atoms with Crippen LogP contribution in [0.4, 0.5) is 11.7 Å². The monoisotopic (exact) mass is 459 g/mol. The average molecular weight is 460 g/mol. The number of rotatable bonds is 10. The van der Waals surface area contributed by atoms with Gasteiger partial charge >= 0.3 is 5.97 Å². The first-order chi connectivity index (χ1) is 16.5. The Balaban J connectivity index is 1.30. The summed E-state index contributed by atoms with van der Waals surface area (Å²) in [5.74, 6) is 0.457. The third-order valence-corrected chi connectivity index (χ3v) is 5.55. The van der Waals surface area contributed by atoms with Crippen molar-refractivity contribution < 1.29 is 18.7 Å². The van der Waals surface area contributed by atoms with Gasteiger partial charge in [0.25, 0.3) is 6.01 Å². The summed E-state index contributed by atoms with van der Waals surface area (Å²) < 4.78 is 16.7. The molecule has 1 N–H and O–H groups in total. The third kappa shape index (κ3) is 5.86. The number of aromatic nitrogens is 1. The van der Waals surface area contributed by atoms with Crippen LogP contribution in [0.3, 0.4) is 0 Å². The molecule has 1 heterocycles. The number of para-hydroxylation sites is 2. The summed E-state index contributed by atoms with van der Waals surface area (Å²) in [6, 6.07) is 23.5. The molecule has 176 valence electrons. The number of fused-ring (bicyclic) bond motifs is 1. The summed E-state index contributed by atoms with van der Waals surface area (Å²) in [5, 5.41) is 3.27. The van der Waals surface area contributed by atoms with Crippen LogP contribution >= 0.6 is 0 Å². The fraction of sp³-hybridized carbons (Fsp3) is 0.259. The maximum absolute atomic E-state index is 12.3. The Morgan fingerprint density at radius 2 is 1.79 bits per heavy atom. The van der Waals surface area contributed by atoms with E-state index in [2.05, 4.69) is 10.3 Å². The molecule has 0 spiro atoms. The molecule has 0 radical (unpaired) electrons. The molecule has 0 saturated heterocycles. The van der Waals surface area contributed by atoms with Gasteiger partial charge in [-0.3, -0.25) is 0 Å². The van der Waals surface area contributed by atoms with Gasteiger partial charge in [-0.1, -0.05) is 42.0 Å². The lowest BCUT2D eigenvalue weighted by atomic mass is 10.1. The molecule has 1 atom stereocenters. The lowest BCUT2D eigenvalue weighted by Gasteiger charge is -2.18. The lowest BCUT2D eigenvalue weighted by Crippen LogP contribution is -2.32. The third-order valence-electron chi connectivity index (χ3n) is 5.55. The molecule has 4 rings (SSSR count). The van der Waals surface area contributed by atoms with E-state index in [1.165, 1.54) is 7.11 Å². The van der Waals surface area contributed by atoms with Crippen LogP contribution in [0.5, 0.6) is 5.75 Å². The first kappa shape index (κ1) is 23.2. The van der Waals surface area contributed by atoms with E-state index in [9.17, 15) is 4.79 Å². The van der Waals surface area contributed by atoms with Crippen LogP contribution in [0.2, 0.25) is 0 Å². The van der Waals surface area contributed by atoms with Gasteiger partial charge in [0, 0.05) is 19.2 Å². The number of methoxy groups -OCH3 is 1. The van der Waals surface area contributed by atoms with Gasteiger partial charge in [0.2, 0.25) is 0 Å². The molecule has 0 bridgehead atoms. The van der Waals surface area contributed by atoms with Crippen LogP contribution in [-0.2, 0) is 16.0 Å². The number of hydrogen-bond acceptors (Lipinski definition) is 7. The van der Waals surface area contributed by atoms with E-state index < -0.39 is 6.04 Å². The number of nitrogens with one attached hydrogen (secondary N) is 1. The standard InChI is InChI=1S/C27H29N3O4/c1-19-8-12-21(13-9-19)28-24(26(31)32-3)18-20-10-14-22(15-11-20)33-17-16-30(2)27-29-23-6-4-5-7-25(23)34-27/h4-15,24,28H,16-18H2,1-3H3. The molecule has 7 nitrogen and oxygen atoms in total. The predicted molar refractivity (Wildman–Crippen MR) is 134 cm³/mol. The second kappa shape index (κ2) is 10.7. The first-order valence-electron chi connectivity index (χ1n) is 11.2. The van der Waals surface area contributed by atoms with Crippen LogP contribution in [-0.4, -0.2) is 44.3 Å². The van der Waals surface area contributed by atoms with Crippen molar-refractivity contribution >= 4 is 28.8 Å². The predicted octanol–water partition coefficient (Wildman–Crippen LogP) is 4.85. The number of benzene rings is 3. The molecule has 34 heavy (non-hydrogen) atoms. The fourth-order valence-corrected chi connectivity index (χ4v) is 3.56. The normalized spacial score (nSPS) is 11.7. The van der Waals surface area contributed by atoms with Crippen LogP contribution in [0.15, 0.2) is 77.2 Å². The van der Waals surface area contributed by atoms with E-state index in [0.717, 1.165) is 33.7 Å². The van der Waals surface area contributed by atoms with Crippen molar-refractivity contribution in [2.45, 2.75) is 19.4 Å². The second-order valence-electron chi connectivity index (χ2n) is 8.17. The van der Waals surface area contributed by atoms with Crippen molar-refractivity contribution in [3.05, 3.63) is 83.9 Å². The highest BCUT2D eigenvalue weighted by Crippen LogP contribution is 2.21. The maximum atomic E-state index is 12.3. The molecule has 0 saturated carbocycles. The Labute approximate surface area is 199 Å². The summed E-state index contributed by atoms with van der Waals surface area (Å²) in [4.78, 5) is 18.7. The van der Waals surface area contributed by atoms with Gasteiger partial charge < -0.3 is 24.1 Å². The number of ether oxygens (including phenoxy) is 2. The van der Waals surface area contributed by atoms with Gasteiger partial charge in [-0.2, -0.15) is 4.98 Å². The van der Waals surface area contributed by atoms with Crippen molar-refractivity contribution in [1.29, 1.82) is 0 Å². The number of oxazole rings is 1. The molecule has 3 aromatic carbocycles. The zero-order valence-electron chi connectivity index (χ0n) is 19.7. The summed E-state index contributed by atoms with van der Waals surface area (Å²) in [6.07, 6.45) is 0.501. The number of aryl methyl sites for hydroxylation is 1. The Bertz CT molecular complexity index is 1190. The Morgan fingerprint density at radius 1 is 1.06 bits per heavy atom. The highest BCUT2D eigenvalue weighted by Gasteiger charge is 2.19. The highest BCUT2D eigenvalue weighted by atomic mass is 16.5. The molecule has 7 heteroatoms. The van der Waals surface area contributed by atoms with E-state index >= 15 is 0 Å². The summed E-state index contributed by atoms with van der Waals surface area (Å²) >= 11 is 0. The average Bonchev–Trinajstić information content (AvgIpc) is 3.30. The molecule has 0 aliphatic carbocycles. The summed E-state index contributed by atoms with van der Waals surface area (Å²) in [7, 11) is 3.33. The fourth-order valence-electron chi connectivity index (χ4n) is 3.56. The zero-order valence-corrected chi connectivity index (χ0v) is 19.7. The minimum Gasteiger partial charge on any atom is -0.492 e. The van der Waals surface area contributed by atoms with Gasteiger partial charge in [0.05, 0.1) is 13.7 Å². The molecule has 1 unspecified atom stereocenters. The number of esters is 1. The van der Waals surface area contributed by atoms with Crippen molar-refractivity contribution in [3.8, 4) is 5.75 Å². The van der Waals surface area contributed by atoms with Gasteiger partial charge in [-0.15, -0.1) is 0 Å². The molecule has 0 amide bonds. The smallest absolute Gasteiger partial charge is 0.328 e. The minimum atomic E-state index is -0.482. The van der Waals surface area contributed by atoms with E-state index in [-0.39, 0.29) is 5.97 Å². The molecule has 4 aromatic rings. The number of hydrogen-bond donors (Lipinski definition) is 1. The number of nitrogens with zero attached hydrogens (tertiary/aromatic N) is 2. The number of carbonyl (C=O) groups is 1. The van der Waals surface area contributed by atoms with E-state index in [0.29, 0.717) is 25.6 Å². The molecule has 0 aliphatic heterocycles. The Morgan fingerprint density at radius 3 is 2.50 bits per heavy atom. The van der Waals surface area contributed by atoms with Crippen LogP contribution in [0.1, 0.15) is 11.1 Å². The first-order valence-corrected chi connectivity index (χ1v) is 11.2. The van der Waals surface area contributed by atoms with Crippen molar-refractivity contribution in [1.82, 2.24) is 4.98 Å². The highest BCUT2D eigenvalue weighted by molar-refractivity contribution is 5.79. The Kier molecular flexibility index (Phi) is 7.32. The van der Waals surface area contributed by atoms with E-state index in [4.69, 9.17) is 13.9 Å². The SMILES string of the molecule is COC(=O)C(Cc1ccc(OCCN(C)c2nc3ccccc3o2)cc1)Nc1ccc(C)cc1. The topological polar surface area (TPSA) is 76.8 Å². The minimum absolute atomic E-state index is 0.303. The molecular formula is C27H29N3O4. The van der Waals surface area contributed by atoms with Crippen molar-refractivity contribution in [2.75, 3.05) is 37.5 Å². The van der Waals surface area contributed by atoms with Gasteiger partial charge in [0.15, 0.2) is 5.58 Å². The maximum Gasteiger partial charge on any atom is 0.328 e. The number of anilines is 2. The van der Waals surface area contributed by atoms with Crippen LogP contribution < -0.4 is 15.0 Å². The summed E-state index contributed by atoms with van der Waals surface area (Å²) in [6.45, 7) is 3.13. The van der Waals surface area contributed by atoms with Gasteiger partial charge in [-0.25, -0.2) is 4.79 Å². The molecule has 0 fully saturated rings. The van der Waals surface area contributed by atoms with Gasteiger partial charge in [0.1, 0.15) is 23.9 Å². The zero-order chi connectivity index (χ0) is 23.9. The second-order valence-corrected chi connectivity index (χ2v) is 8.17. The quantitative estimate of drug-likeness (QED) is 0.340. The molecule has 1 aromatic heterocycles. The molecule has 0 aliphatic rings. The van der Waals surface area contributed by atoms with Crippen LogP contribution in [0, 0.1) is 6.92 Å². The van der Waals surface area contributed by atoms with Gasteiger partial charge in [-0.05, 0) is 48.9 Å². The Hall–Kier alpha value is -4.00. The van der Waals surface area contributed by atoms with E-state index in [1.54, 1.807) is 0 Å². The number of likely N-dealkylation sites (N-methyl/N-ethyl adjacent to an activating group) is 1. The number of carbonyl (C=O) groups excluding carboxylic acids is 1. The van der Waals surface area contributed by atoms with Crippen molar-refractivity contribution in [3.63, 3.8) is 0 Å². The van der Waals surface area contributed by atoms with E-state index in [1.807, 2.05) is 91.7 Å².